The molecule has 1 saturated heterocycles. The first-order valence-corrected chi connectivity index (χ1v) is 10.9. The summed E-state index contributed by atoms with van der Waals surface area (Å²) < 4.78 is 13.1. The van der Waals surface area contributed by atoms with E-state index in [0.717, 1.165) is 50.3 Å². The highest BCUT2D eigenvalue weighted by atomic mass is 32.1. The second-order valence-corrected chi connectivity index (χ2v) is 8.02. The van der Waals surface area contributed by atoms with Gasteiger partial charge in [-0.15, -0.1) is 5.10 Å². The van der Waals surface area contributed by atoms with Crippen molar-refractivity contribution in [2.24, 2.45) is 5.92 Å². The SMILES string of the molecule is CCOc1ccccc1-c1nn(CN2CCN(C(=O)C3CCCC3)CC2)c(=S)o1. The molecule has 2 fully saturated rings. The number of hydrogen-bond acceptors (Lipinski definition) is 6. The van der Waals surface area contributed by atoms with E-state index < -0.39 is 0 Å². The highest BCUT2D eigenvalue weighted by Crippen LogP contribution is 2.29. The number of amides is 1. The van der Waals surface area contributed by atoms with Gasteiger partial charge in [0.05, 0.1) is 18.8 Å². The first-order chi connectivity index (χ1) is 14.2. The van der Waals surface area contributed by atoms with E-state index in [1.165, 1.54) is 12.8 Å². The molecule has 1 aliphatic carbocycles. The lowest BCUT2D eigenvalue weighted by Gasteiger charge is -2.35. The van der Waals surface area contributed by atoms with E-state index in [1.54, 1.807) is 4.68 Å². The molecule has 1 aliphatic heterocycles. The minimum absolute atomic E-state index is 0.249. The van der Waals surface area contributed by atoms with E-state index in [9.17, 15) is 4.79 Å². The molecule has 2 heterocycles. The first-order valence-electron chi connectivity index (χ1n) is 10.5. The average molecular weight is 417 g/mol. The van der Waals surface area contributed by atoms with Crippen molar-refractivity contribution >= 4 is 18.1 Å². The molecule has 0 bridgehead atoms. The van der Waals surface area contributed by atoms with Crippen LogP contribution in [-0.4, -0.2) is 58.3 Å². The van der Waals surface area contributed by atoms with Gasteiger partial charge in [-0.1, -0.05) is 25.0 Å². The van der Waals surface area contributed by atoms with Gasteiger partial charge in [0, 0.05) is 32.1 Å². The van der Waals surface area contributed by atoms with Crippen LogP contribution in [0.2, 0.25) is 0 Å². The predicted molar refractivity (Wildman–Crippen MR) is 112 cm³/mol. The van der Waals surface area contributed by atoms with Crippen LogP contribution in [0.4, 0.5) is 0 Å². The Kier molecular flexibility index (Phi) is 6.30. The molecule has 8 heteroatoms. The van der Waals surface area contributed by atoms with Crippen molar-refractivity contribution in [3.63, 3.8) is 0 Å². The third-order valence-corrected chi connectivity index (χ3v) is 6.04. The summed E-state index contributed by atoms with van der Waals surface area (Å²) in [7, 11) is 0. The van der Waals surface area contributed by atoms with Gasteiger partial charge >= 0.3 is 0 Å². The lowest BCUT2D eigenvalue weighted by atomic mass is 10.1. The molecular formula is C21H28N4O3S. The molecule has 1 amide bonds. The Balaban J connectivity index is 1.39. The zero-order chi connectivity index (χ0) is 20.2. The fraction of sp³-hybridized carbons (Fsp3) is 0.571. The van der Waals surface area contributed by atoms with Gasteiger partial charge in [0.2, 0.25) is 5.91 Å². The zero-order valence-electron chi connectivity index (χ0n) is 16.9. The van der Waals surface area contributed by atoms with Crippen molar-refractivity contribution in [3.8, 4) is 17.2 Å². The monoisotopic (exact) mass is 416 g/mol. The Morgan fingerprint density at radius 3 is 2.66 bits per heavy atom. The largest absolute Gasteiger partial charge is 0.493 e. The normalized spacial score (nSPS) is 18.3. The summed E-state index contributed by atoms with van der Waals surface area (Å²) in [5.74, 6) is 1.79. The quantitative estimate of drug-likeness (QED) is 0.671. The zero-order valence-corrected chi connectivity index (χ0v) is 17.7. The highest BCUT2D eigenvalue weighted by molar-refractivity contribution is 7.71. The molecule has 4 rings (SSSR count). The van der Waals surface area contributed by atoms with Gasteiger partial charge in [0.1, 0.15) is 5.75 Å². The molecule has 2 aromatic rings. The Morgan fingerprint density at radius 1 is 1.21 bits per heavy atom. The van der Waals surface area contributed by atoms with Crippen LogP contribution in [0.1, 0.15) is 32.6 Å². The van der Waals surface area contributed by atoms with E-state index in [4.69, 9.17) is 21.4 Å². The van der Waals surface area contributed by atoms with E-state index in [2.05, 4.69) is 10.00 Å². The van der Waals surface area contributed by atoms with Crippen LogP contribution in [-0.2, 0) is 11.5 Å². The van der Waals surface area contributed by atoms with Crippen LogP contribution in [0.15, 0.2) is 28.7 Å². The molecule has 1 aromatic carbocycles. The van der Waals surface area contributed by atoms with E-state index in [-0.39, 0.29) is 5.92 Å². The fourth-order valence-electron chi connectivity index (χ4n) is 4.16. The van der Waals surface area contributed by atoms with E-state index in [1.807, 2.05) is 36.1 Å². The van der Waals surface area contributed by atoms with Crippen molar-refractivity contribution in [1.82, 2.24) is 19.6 Å². The summed E-state index contributed by atoms with van der Waals surface area (Å²) in [6.07, 6.45) is 4.49. The first kappa shape index (κ1) is 20.1. The van der Waals surface area contributed by atoms with Gasteiger partial charge in [-0.2, -0.15) is 0 Å². The van der Waals surface area contributed by atoms with Crippen LogP contribution in [0.25, 0.3) is 11.5 Å². The summed E-state index contributed by atoms with van der Waals surface area (Å²) in [5, 5.41) is 4.58. The second-order valence-electron chi connectivity index (χ2n) is 7.67. The number of ether oxygens (including phenoxy) is 1. The van der Waals surface area contributed by atoms with Crippen molar-refractivity contribution in [1.29, 1.82) is 0 Å². The number of rotatable bonds is 6. The molecule has 0 atom stereocenters. The summed E-state index contributed by atoms with van der Waals surface area (Å²) in [4.78, 5) is 17.2. The molecule has 0 radical (unpaired) electrons. The van der Waals surface area contributed by atoms with E-state index in [0.29, 0.717) is 29.9 Å². The molecule has 0 spiro atoms. The number of para-hydroxylation sites is 1. The number of hydrogen-bond donors (Lipinski definition) is 0. The number of carbonyl (C=O) groups excluding carboxylic acids is 1. The molecule has 7 nitrogen and oxygen atoms in total. The van der Waals surface area contributed by atoms with Crippen molar-refractivity contribution < 1.29 is 13.9 Å². The van der Waals surface area contributed by atoms with Crippen molar-refractivity contribution in [3.05, 3.63) is 29.1 Å². The van der Waals surface area contributed by atoms with Gasteiger partial charge in [-0.25, -0.2) is 4.68 Å². The standard InChI is InChI=1S/C21H28N4O3S/c1-2-27-18-10-6-5-9-17(18)19-22-25(21(29)28-19)15-23-11-13-24(14-12-23)20(26)16-7-3-4-8-16/h5-6,9-10,16H,2-4,7-8,11-15H2,1H3. The van der Waals surface area contributed by atoms with Crippen LogP contribution in [0, 0.1) is 10.8 Å². The van der Waals surface area contributed by atoms with Crippen molar-refractivity contribution in [2.75, 3.05) is 32.8 Å². The third-order valence-electron chi connectivity index (χ3n) is 5.75. The van der Waals surface area contributed by atoms with Gasteiger partial charge in [0.25, 0.3) is 10.7 Å². The summed E-state index contributed by atoms with van der Waals surface area (Å²) in [6, 6.07) is 7.67. The smallest absolute Gasteiger partial charge is 0.288 e. The Morgan fingerprint density at radius 2 is 1.93 bits per heavy atom. The molecule has 0 N–H and O–H groups in total. The van der Waals surface area contributed by atoms with Crippen molar-refractivity contribution in [2.45, 2.75) is 39.3 Å². The number of aromatic nitrogens is 2. The van der Waals surface area contributed by atoms with Crippen LogP contribution >= 0.6 is 12.2 Å². The average Bonchev–Trinajstić information content (AvgIpc) is 3.39. The summed E-state index contributed by atoms with van der Waals surface area (Å²) >= 11 is 5.39. The molecule has 156 valence electrons. The maximum atomic E-state index is 12.6. The Labute approximate surface area is 176 Å². The van der Waals surface area contributed by atoms with Gasteiger partial charge in [-0.05, 0) is 44.1 Å². The van der Waals surface area contributed by atoms with E-state index >= 15 is 0 Å². The topological polar surface area (TPSA) is 63.7 Å². The number of piperazine rings is 1. The maximum absolute atomic E-state index is 12.6. The minimum atomic E-state index is 0.249. The molecule has 0 unspecified atom stereocenters. The molecule has 1 saturated carbocycles. The minimum Gasteiger partial charge on any atom is -0.493 e. The van der Waals surface area contributed by atoms with Gasteiger partial charge in [0.15, 0.2) is 0 Å². The van der Waals surface area contributed by atoms with Gasteiger partial charge < -0.3 is 14.1 Å². The number of benzene rings is 1. The Hall–Kier alpha value is -2.19. The Bertz CT molecular complexity index is 895. The fourth-order valence-corrected chi connectivity index (χ4v) is 4.34. The highest BCUT2D eigenvalue weighted by Gasteiger charge is 2.29. The molecule has 29 heavy (non-hydrogen) atoms. The lowest BCUT2D eigenvalue weighted by Crippen LogP contribution is -2.50. The predicted octanol–water partition coefficient (Wildman–Crippen LogP) is 3.56. The molecule has 1 aromatic heterocycles. The van der Waals surface area contributed by atoms with Crippen LogP contribution in [0.3, 0.4) is 0 Å². The summed E-state index contributed by atoms with van der Waals surface area (Å²) in [5.41, 5.74) is 0.797. The van der Waals surface area contributed by atoms with Crippen LogP contribution < -0.4 is 4.74 Å². The molecular weight excluding hydrogens is 388 g/mol. The maximum Gasteiger partial charge on any atom is 0.288 e. The van der Waals surface area contributed by atoms with Crippen LogP contribution in [0.5, 0.6) is 5.75 Å². The summed E-state index contributed by atoms with van der Waals surface area (Å²) in [6.45, 7) is 6.24. The lowest BCUT2D eigenvalue weighted by molar-refractivity contribution is -0.137. The molecule has 2 aliphatic rings. The number of carbonyl (C=O) groups is 1. The second kappa shape index (κ2) is 9.09. The number of nitrogens with zero attached hydrogens (tertiary/aromatic N) is 4. The van der Waals surface area contributed by atoms with Gasteiger partial charge in [-0.3, -0.25) is 9.69 Å². The third kappa shape index (κ3) is 4.53.